The van der Waals surface area contributed by atoms with E-state index in [2.05, 4.69) is 0 Å². The Hall–Kier alpha value is -0.360. The highest BCUT2D eigenvalue weighted by Crippen LogP contribution is 2.48. The Balaban J connectivity index is 3.41. The fourth-order valence-corrected chi connectivity index (χ4v) is 1.44. The molecule has 1 aliphatic carbocycles. The molecule has 2 atom stereocenters. The van der Waals surface area contributed by atoms with Crippen molar-refractivity contribution in [3.8, 4) is 0 Å². The molecule has 1 rings (SSSR count). The van der Waals surface area contributed by atoms with E-state index >= 15 is 0 Å². The van der Waals surface area contributed by atoms with Crippen molar-refractivity contribution in [3.05, 3.63) is 22.3 Å². The summed E-state index contributed by atoms with van der Waals surface area (Å²) in [4.78, 5) is 0. The summed E-state index contributed by atoms with van der Waals surface area (Å²) in [5.74, 6) is -4.54. The molecular weight excluding hydrogens is 269 g/mol. The third-order valence-corrected chi connectivity index (χ3v) is 2.69. The number of halogens is 8. The van der Waals surface area contributed by atoms with Crippen LogP contribution in [0.5, 0.6) is 0 Å². The first-order chi connectivity index (χ1) is 6.71. The molecule has 0 aliphatic heterocycles. The molecule has 0 aromatic carbocycles. The Morgan fingerprint density at radius 3 is 2.13 bits per heavy atom. The van der Waals surface area contributed by atoms with E-state index in [1.165, 1.54) is 0 Å². The monoisotopic (exact) mass is 270 g/mol. The maximum Gasteiger partial charge on any atom is 0.268 e. The highest BCUT2D eigenvalue weighted by Gasteiger charge is 2.52. The van der Waals surface area contributed by atoms with Crippen LogP contribution in [-0.4, -0.2) is 17.7 Å². The van der Waals surface area contributed by atoms with Crippen LogP contribution in [0, 0.1) is 0 Å². The van der Waals surface area contributed by atoms with Gasteiger partial charge >= 0.3 is 0 Å². The van der Waals surface area contributed by atoms with Gasteiger partial charge in [-0.15, -0.1) is 0 Å². The molecule has 0 heterocycles. The van der Waals surface area contributed by atoms with Gasteiger partial charge in [-0.1, -0.05) is 23.2 Å². The van der Waals surface area contributed by atoms with E-state index in [0.29, 0.717) is 0 Å². The van der Waals surface area contributed by atoms with E-state index in [1.807, 2.05) is 0 Å². The molecule has 0 amide bonds. The average molecular weight is 271 g/mol. The predicted octanol–water partition coefficient (Wildman–Crippen LogP) is 4.15. The molecule has 0 radical (unpaired) electrons. The van der Waals surface area contributed by atoms with Crippen molar-refractivity contribution >= 4 is 23.2 Å². The smallest absolute Gasteiger partial charge is 0.234 e. The van der Waals surface area contributed by atoms with Crippen LogP contribution in [0.15, 0.2) is 22.3 Å². The lowest BCUT2D eigenvalue weighted by Crippen LogP contribution is -2.35. The van der Waals surface area contributed by atoms with Crippen molar-refractivity contribution in [2.45, 2.75) is 17.7 Å². The molecule has 0 saturated heterocycles. The molecule has 8 heteroatoms. The molecule has 0 aromatic rings. The molecule has 0 spiro atoms. The van der Waals surface area contributed by atoms with Gasteiger partial charge in [0.1, 0.15) is 0 Å². The fourth-order valence-electron chi connectivity index (χ4n) is 0.978. The van der Waals surface area contributed by atoms with E-state index in [9.17, 15) is 26.3 Å². The van der Waals surface area contributed by atoms with Crippen molar-refractivity contribution in [1.82, 2.24) is 0 Å². The zero-order chi connectivity index (χ0) is 12.0. The van der Waals surface area contributed by atoms with Crippen molar-refractivity contribution in [3.63, 3.8) is 0 Å². The normalized spacial score (nSPS) is 33.0. The van der Waals surface area contributed by atoms with E-state index in [0.717, 1.165) is 0 Å². The lowest BCUT2D eigenvalue weighted by molar-refractivity contribution is 0.141. The zero-order valence-corrected chi connectivity index (χ0v) is 8.19. The molecule has 0 fully saturated rings. The van der Waals surface area contributed by atoms with Crippen LogP contribution in [-0.2, 0) is 0 Å². The van der Waals surface area contributed by atoms with Crippen LogP contribution in [0.1, 0.15) is 0 Å². The maximum absolute atomic E-state index is 13.1. The molecule has 15 heavy (non-hydrogen) atoms. The fraction of sp³-hybridized carbons (Fsp3) is 0.429. The van der Waals surface area contributed by atoms with Crippen LogP contribution in [0.4, 0.5) is 26.3 Å². The van der Waals surface area contributed by atoms with Crippen LogP contribution in [0.2, 0.25) is 0 Å². The minimum atomic E-state index is -3.70. The van der Waals surface area contributed by atoms with Gasteiger partial charge in [0.05, 0.1) is 10.6 Å². The number of alkyl halides is 5. The van der Waals surface area contributed by atoms with E-state index in [1.54, 1.807) is 0 Å². The lowest BCUT2D eigenvalue weighted by Gasteiger charge is -2.27. The van der Waals surface area contributed by atoms with Crippen LogP contribution in [0.3, 0.4) is 0 Å². The van der Waals surface area contributed by atoms with Crippen LogP contribution < -0.4 is 0 Å². The summed E-state index contributed by atoms with van der Waals surface area (Å²) in [7, 11) is 0. The summed E-state index contributed by atoms with van der Waals surface area (Å²) in [6.45, 7) is 0. The summed E-state index contributed by atoms with van der Waals surface area (Å²) in [5.41, 5.74) is -1.76. The van der Waals surface area contributed by atoms with Crippen LogP contribution in [0.25, 0.3) is 0 Å². The molecule has 1 aliphatic rings. The molecular formula is C7H2Cl2F6. The van der Waals surface area contributed by atoms with Gasteiger partial charge < -0.3 is 0 Å². The van der Waals surface area contributed by atoms with Gasteiger partial charge in [0, 0.05) is 0 Å². The topological polar surface area (TPSA) is 0 Å². The van der Waals surface area contributed by atoms with Gasteiger partial charge in [-0.25, -0.2) is 26.3 Å². The molecule has 2 unspecified atom stereocenters. The molecule has 86 valence electrons. The Morgan fingerprint density at radius 2 is 1.73 bits per heavy atom. The zero-order valence-electron chi connectivity index (χ0n) is 6.68. The number of hydrogen-bond donors (Lipinski definition) is 0. The van der Waals surface area contributed by atoms with Gasteiger partial charge in [0.15, 0.2) is 11.7 Å². The van der Waals surface area contributed by atoms with Crippen molar-refractivity contribution in [2.75, 3.05) is 0 Å². The molecule has 0 nitrogen and oxygen atoms in total. The van der Waals surface area contributed by atoms with E-state index < -0.39 is 40.0 Å². The molecule has 0 bridgehead atoms. The standard InChI is InChI=1S/C7H2Cl2F6/c8-4-1(6(13)14)2(10)3(11)5(12)7(4,9)15/h5-6H. The first-order valence-corrected chi connectivity index (χ1v) is 4.22. The quantitative estimate of drug-likeness (QED) is 0.496. The second-order valence-corrected chi connectivity index (χ2v) is 3.60. The highest BCUT2D eigenvalue weighted by molar-refractivity contribution is 6.40. The molecule has 0 aromatic heterocycles. The number of rotatable bonds is 1. The minimum absolute atomic E-state index is 1.58. The van der Waals surface area contributed by atoms with Gasteiger partial charge in [0.2, 0.25) is 6.17 Å². The summed E-state index contributed by atoms with van der Waals surface area (Å²) >= 11 is 9.70. The summed E-state index contributed by atoms with van der Waals surface area (Å²) < 4.78 is 75.5. The lowest BCUT2D eigenvalue weighted by atomic mass is 10.0. The third kappa shape index (κ3) is 1.85. The SMILES string of the molecule is FC1=C(F)C(F)C(F)(Cl)C(Cl)=C1C(F)F. The summed E-state index contributed by atoms with van der Waals surface area (Å²) in [6, 6.07) is 0. The van der Waals surface area contributed by atoms with Gasteiger partial charge in [0.25, 0.3) is 11.6 Å². The Kier molecular flexibility index (Phi) is 3.30. The first-order valence-electron chi connectivity index (χ1n) is 3.47. The van der Waals surface area contributed by atoms with E-state index in [-0.39, 0.29) is 0 Å². The average Bonchev–Trinajstić information content (AvgIpc) is 2.12. The predicted molar refractivity (Wildman–Crippen MR) is 42.7 cm³/mol. The Bertz CT molecular complexity index is 345. The second-order valence-electron chi connectivity index (χ2n) is 2.68. The Morgan fingerprint density at radius 1 is 1.27 bits per heavy atom. The largest absolute Gasteiger partial charge is 0.268 e. The summed E-state index contributed by atoms with van der Waals surface area (Å²) in [5, 5.41) is -5.28. The van der Waals surface area contributed by atoms with Crippen molar-refractivity contribution in [2.24, 2.45) is 0 Å². The van der Waals surface area contributed by atoms with Crippen molar-refractivity contribution < 1.29 is 26.3 Å². The molecule has 0 saturated carbocycles. The first kappa shape index (κ1) is 12.7. The van der Waals surface area contributed by atoms with Gasteiger partial charge in [-0.2, -0.15) is 0 Å². The summed E-state index contributed by atoms with van der Waals surface area (Å²) in [6.07, 6.45) is -6.83. The van der Waals surface area contributed by atoms with Gasteiger partial charge in [-0.3, -0.25) is 0 Å². The Labute approximate surface area is 90.1 Å². The van der Waals surface area contributed by atoms with Gasteiger partial charge in [-0.05, 0) is 0 Å². The second kappa shape index (κ2) is 3.90. The third-order valence-electron chi connectivity index (χ3n) is 1.73. The minimum Gasteiger partial charge on any atom is -0.234 e. The highest BCUT2D eigenvalue weighted by atomic mass is 35.5. The van der Waals surface area contributed by atoms with Crippen LogP contribution >= 0.6 is 23.2 Å². The maximum atomic E-state index is 13.1. The molecule has 0 N–H and O–H groups in total. The van der Waals surface area contributed by atoms with E-state index in [4.69, 9.17) is 23.2 Å². The van der Waals surface area contributed by atoms with Crippen molar-refractivity contribution in [1.29, 1.82) is 0 Å². The number of hydrogen-bond acceptors (Lipinski definition) is 0. The number of allylic oxidation sites excluding steroid dienone is 4.